The van der Waals surface area contributed by atoms with E-state index in [0.717, 1.165) is 49.2 Å². The van der Waals surface area contributed by atoms with Crippen LogP contribution in [0.25, 0.3) is 11.0 Å². The summed E-state index contributed by atoms with van der Waals surface area (Å²) in [4.78, 5) is 11.1. The van der Waals surface area contributed by atoms with Crippen LogP contribution in [0.1, 0.15) is 31.0 Å². The van der Waals surface area contributed by atoms with Gasteiger partial charge >= 0.3 is 0 Å². The highest BCUT2D eigenvalue weighted by Crippen LogP contribution is 2.25. The van der Waals surface area contributed by atoms with Crippen LogP contribution < -0.4 is 14.8 Å². The number of piperidine rings is 1. The first-order valence-corrected chi connectivity index (χ1v) is 10.5. The van der Waals surface area contributed by atoms with Crippen molar-refractivity contribution in [1.29, 1.82) is 0 Å². The van der Waals surface area contributed by atoms with E-state index in [1.54, 1.807) is 14.2 Å². The van der Waals surface area contributed by atoms with Crippen LogP contribution in [0.15, 0.2) is 24.5 Å². The minimum absolute atomic E-state index is 0.277. The van der Waals surface area contributed by atoms with Gasteiger partial charge in [0.25, 0.3) is 0 Å². The maximum atomic E-state index is 5.33. The summed E-state index contributed by atoms with van der Waals surface area (Å²) < 4.78 is 10.7. The van der Waals surface area contributed by atoms with Crippen LogP contribution in [0.3, 0.4) is 0 Å². The minimum atomic E-state index is 0.277. The van der Waals surface area contributed by atoms with Gasteiger partial charge in [0.2, 0.25) is 0 Å². The SMILES string of the molecule is CC#CCN1CCC[C@H](Nc2ncnc3n[nH]c(C#Cc4cc(OC)cc(OC)c4)c23)C1. The van der Waals surface area contributed by atoms with Crippen LogP contribution in [0, 0.1) is 23.7 Å². The van der Waals surface area contributed by atoms with E-state index >= 15 is 0 Å². The van der Waals surface area contributed by atoms with E-state index in [-0.39, 0.29) is 6.04 Å². The van der Waals surface area contributed by atoms with Crippen molar-refractivity contribution in [3.63, 3.8) is 0 Å². The molecule has 1 fully saturated rings. The van der Waals surface area contributed by atoms with Crippen molar-refractivity contribution in [2.24, 2.45) is 0 Å². The van der Waals surface area contributed by atoms with Crippen molar-refractivity contribution in [3.8, 4) is 35.2 Å². The fourth-order valence-electron chi connectivity index (χ4n) is 3.77. The second-order valence-corrected chi connectivity index (χ2v) is 7.52. The van der Waals surface area contributed by atoms with Crippen molar-refractivity contribution >= 4 is 16.9 Å². The summed E-state index contributed by atoms with van der Waals surface area (Å²) in [5.41, 5.74) is 2.02. The highest BCUT2D eigenvalue weighted by atomic mass is 16.5. The quantitative estimate of drug-likeness (QED) is 0.602. The summed E-state index contributed by atoms with van der Waals surface area (Å²) in [6, 6.07) is 5.81. The number of likely N-dealkylation sites (tertiary alicyclic amines) is 1. The first-order chi connectivity index (χ1) is 15.7. The Hall–Kier alpha value is -3.75. The van der Waals surface area contributed by atoms with Gasteiger partial charge in [-0.25, -0.2) is 9.97 Å². The monoisotopic (exact) mass is 430 g/mol. The molecule has 8 heteroatoms. The molecule has 32 heavy (non-hydrogen) atoms. The zero-order valence-electron chi connectivity index (χ0n) is 18.5. The number of nitrogens with zero attached hydrogens (tertiary/aromatic N) is 4. The van der Waals surface area contributed by atoms with Gasteiger partial charge in [-0.2, -0.15) is 5.10 Å². The maximum absolute atomic E-state index is 5.33. The number of rotatable bonds is 5. The lowest BCUT2D eigenvalue weighted by atomic mass is 10.1. The second-order valence-electron chi connectivity index (χ2n) is 7.52. The molecule has 0 bridgehead atoms. The molecule has 3 aromatic rings. The van der Waals surface area contributed by atoms with Crippen molar-refractivity contribution < 1.29 is 9.47 Å². The van der Waals surface area contributed by atoms with Gasteiger partial charge in [0.1, 0.15) is 29.3 Å². The zero-order chi connectivity index (χ0) is 22.3. The summed E-state index contributed by atoms with van der Waals surface area (Å²) in [5.74, 6) is 14.6. The molecule has 8 nitrogen and oxygen atoms in total. The normalized spacial score (nSPS) is 15.9. The number of benzene rings is 1. The predicted octanol–water partition coefficient (Wildman–Crippen LogP) is 2.67. The van der Waals surface area contributed by atoms with Crippen LogP contribution in [0.2, 0.25) is 0 Å². The second kappa shape index (κ2) is 10.0. The third kappa shape index (κ3) is 4.93. The summed E-state index contributed by atoms with van der Waals surface area (Å²) >= 11 is 0. The Morgan fingerprint density at radius 3 is 2.72 bits per heavy atom. The summed E-state index contributed by atoms with van der Waals surface area (Å²) in [7, 11) is 3.23. The molecule has 1 atom stereocenters. The number of nitrogens with one attached hydrogen (secondary N) is 2. The third-order valence-corrected chi connectivity index (χ3v) is 5.36. The molecule has 1 saturated heterocycles. The molecular formula is C24H26N6O2. The number of aromatic nitrogens is 4. The molecule has 0 spiro atoms. The Morgan fingerprint density at radius 1 is 1.16 bits per heavy atom. The lowest BCUT2D eigenvalue weighted by molar-refractivity contribution is 0.240. The molecule has 2 N–H and O–H groups in total. The van der Waals surface area contributed by atoms with Gasteiger partial charge in [-0.3, -0.25) is 10.00 Å². The van der Waals surface area contributed by atoms with Gasteiger partial charge < -0.3 is 14.8 Å². The number of anilines is 1. The number of hydrogen-bond acceptors (Lipinski definition) is 7. The lowest BCUT2D eigenvalue weighted by Gasteiger charge is -2.32. The van der Waals surface area contributed by atoms with Gasteiger partial charge in [0.05, 0.1) is 26.2 Å². The van der Waals surface area contributed by atoms with Gasteiger partial charge in [0.15, 0.2) is 5.65 Å². The zero-order valence-corrected chi connectivity index (χ0v) is 18.5. The molecule has 1 aliphatic heterocycles. The van der Waals surface area contributed by atoms with Gasteiger partial charge in [-0.15, -0.1) is 5.92 Å². The Labute approximate surface area is 187 Å². The number of hydrogen-bond donors (Lipinski definition) is 2. The molecule has 1 aromatic carbocycles. The van der Waals surface area contributed by atoms with Crippen LogP contribution in [-0.4, -0.2) is 65.0 Å². The topological polar surface area (TPSA) is 88.2 Å². The van der Waals surface area contributed by atoms with Crippen LogP contribution >= 0.6 is 0 Å². The van der Waals surface area contributed by atoms with Crippen molar-refractivity contribution in [1.82, 2.24) is 25.1 Å². The molecule has 1 aliphatic rings. The number of H-pyrrole nitrogens is 1. The summed E-state index contributed by atoms with van der Waals surface area (Å²) in [6.45, 7) is 4.65. The van der Waals surface area contributed by atoms with Crippen molar-refractivity contribution in [3.05, 3.63) is 35.8 Å². The molecule has 3 heterocycles. The van der Waals surface area contributed by atoms with Gasteiger partial charge in [-0.1, -0.05) is 11.8 Å². The molecule has 0 saturated carbocycles. The number of fused-ring (bicyclic) bond motifs is 1. The number of ether oxygens (including phenoxy) is 2. The average molecular weight is 431 g/mol. The molecule has 0 unspecified atom stereocenters. The van der Waals surface area contributed by atoms with E-state index in [2.05, 4.69) is 54.1 Å². The van der Waals surface area contributed by atoms with E-state index in [0.29, 0.717) is 22.8 Å². The minimum Gasteiger partial charge on any atom is -0.497 e. The van der Waals surface area contributed by atoms with Crippen LogP contribution in [0.4, 0.5) is 5.82 Å². The predicted molar refractivity (Wildman–Crippen MR) is 124 cm³/mol. The van der Waals surface area contributed by atoms with E-state index < -0.39 is 0 Å². The Kier molecular flexibility index (Phi) is 6.74. The number of methoxy groups -OCH3 is 2. The first-order valence-electron chi connectivity index (χ1n) is 10.5. The van der Waals surface area contributed by atoms with E-state index in [1.807, 2.05) is 25.1 Å². The third-order valence-electron chi connectivity index (χ3n) is 5.36. The molecule has 4 rings (SSSR count). The van der Waals surface area contributed by atoms with E-state index in [1.165, 1.54) is 6.33 Å². The maximum Gasteiger partial charge on any atom is 0.187 e. The Balaban J connectivity index is 1.61. The lowest BCUT2D eigenvalue weighted by Crippen LogP contribution is -2.42. The smallest absolute Gasteiger partial charge is 0.187 e. The highest BCUT2D eigenvalue weighted by Gasteiger charge is 2.21. The molecule has 0 radical (unpaired) electrons. The first kappa shape index (κ1) is 21.5. The summed E-state index contributed by atoms with van der Waals surface area (Å²) in [5, 5.41) is 11.7. The van der Waals surface area contributed by atoms with Crippen molar-refractivity contribution in [2.75, 3.05) is 39.2 Å². The Morgan fingerprint density at radius 2 is 1.97 bits per heavy atom. The van der Waals surface area contributed by atoms with Crippen LogP contribution in [-0.2, 0) is 0 Å². The molecule has 0 aliphatic carbocycles. The van der Waals surface area contributed by atoms with Crippen LogP contribution in [0.5, 0.6) is 11.5 Å². The van der Waals surface area contributed by atoms with Gasteiger partial charge in [-0.05, 0) is 44.4 Å². The fourth-order valence-corrected chi connectivity index (χ4v) is 3.77. The van der Waals surface area contributed by atoms with E-state index in [9.17, 15) is 0 Å². The van der Waals surface area contributed by atoms with Gasteiger partial charge in [0, 0.05) is 24.2 Å². The van der Waals surface area contributed by atoms with Crippen molar-refractivity contribution in [2.45, 2.75) is 25.8 Å². The molecule has 0 amide bonds. The number of aromatic amines is 1. The summed E-state index contributed by atoms with van der Waals surface area (Å²) in [6.07, 6.45) is 3.72. The Bertz CT molecular complexity index is 1190. The highest BCUT2D eigenvalue weighted by molar-refractivity contribution is 5.91. The molecule has 164 valence electrons. The molecular weight excluding hydrogens is 404 g/mol. The average Bonchev–Trinajstić information content (AvgIpc) is 3.25. The fraction of sp³-hybridized carbons (Fsp3) is 0.375. The van der Waals surface area contributed by atoms with E-state index in [4.69, 9.17) is 9.47 Å². The molecule has 2 aromatic heterocycles. The largest absolute Gasteiger partial charge is 0.497 e. The standard InChI is InChI=1S/C24H26N6O2/c1-4-5-10-30-11-6-7-18(15-30)27-23-22-21(28-29-24(22)26-16-25-23)9-8-17-12-19(31-2)14-20(13-17)32-3/h12-14,16,18H,6-7,10-11,15H2,1-3H3,(H2,25,26,27,28,29)/t18-/m0/s1.